The summed E-state index contributed by atoms with van der Waals surface area (Å²) in [7, 11) is 0. The summed E-state index contributed by atoms with van der Waals surface area (Å²) in [6, 6.07) is 0. The zero-order chi connectivity index (χ0) is 8.15. The molecule has 1 atom stereocenters. The minimum absolute atomic E-state index is 0.313. The zero-order valence-electron chi connectivity index (χ0n) is 6.26. The van der Waals surface area contributed by atoms with Gasteiger partial charge in [-0.15, -0.1) is 0 Å². The molecule has 3 heteroatoms. The van der Waals surface area contributed by atoms with Crippen molar-refractivity contribution in [1.82, 2.24) is 0 Å². The Kier molecular flexibility index (Phi) is 3.72. The van der Waals surface area contributed by atoms with Gasteiger partial charge in [-0.3, -0.25) is 0 Å². The number of hydrogen-bond acceptors (Lipinski definition) is 2. The minimum Gasteiger partial charge on any atom is -0.479 e. The molecule has 1 N–H and O–H groups in total. The average Bonchev–Trinajstić information content (AvgIpc) is 1.82. The van der Waals surface area contributed by atoms with Gasteiger partial charge in [0.2, 0.25) is 0 Å². The van der Waals surface area contributed by atoms with E-state index in [1.807, 2.05) is 0 Å². The molecule has 0 amide bonds. The van der Waals surface area contributed by atoms with E-state index in [0.29, 0.717) is 6.61 Å². The molecule has 0 aromatic rings. The summed E-state index contributed by atoms with van der Waals surface area (Å²) in [4.78, 5) is 10.2. The Morgan fingerprint density at radius 1 is 1.80 bits per heavy atom. The minimum atomic E-state index is -0.943. The SMILES string of the molecule is C=C(C)CO[C@H](C)C(=O)O. The largest absolute Gasteiger partial charge is 0.479 e. The average molecular weight is 144 g/mol. The van der Waals surface area contributed by atoms with Crippen LogP contribution >= 0.6 is 0 Å². The molecule has 0 spiro atoms. The van der Waals surface area contributed by atoms with Gasteiger partial charge in [-0.2, -0.15) is 0 Å². The molecule has 0 aromatic heterocycles. The van der Waals surface area contributed by atoms with Crippen molar-refractivity contribution in [2.24, 2.45) is 0 Å². The topological polar surface area (TPSA) is 46.5 Å². The van der Waals surface area contributed by atoms with E-state index in [0.717, 1.165) is 5.57 Å². The standard InChI is InChI=1S/C7H12O3/c1-5(2)4-10-6(3)7(8)9/h6H,1,4H2,2-3H3,(H,8,9)/t6-/m1/s1. The maximum atomic E-state index is 10.2. The molecule has 0 aliphatic heterocycles. The summed E-state index contributed by atoms with van der Waals surface area (Å²) in [5.41, 5.74) is 0.827. The first kappa shape index (κ1) is 9.17. The van der Waals surface area contributed by atoms with Crippen molar-refractivity contribution in [3.05, 3.63) is 12.2 Å². The molecule has 0 bridgehead atoms. The van der Waals surface area contributed by atoms with E-state index in [1.54, 1.807) is 6.92 Å². The predicted molar refractivity (Wildman–Crippen MR) is 37.9 cm³/mol. The van der Waals surface area contributed by atoms with Crippen molar-refractivity contribution < 1.29 is 14.6 Å². The Balaban J connectivity index is 3.49. The molecule has 0 unspecified atom stereocenters. The molecule has 0 saturated carbocycles. The molecule has 3 nitrogen and oxygen atoms in total. The number of carboxylic acids is 1. The van der Waals surface area contributed by atoms with Gasteiger partial charge < -0.3 is 9.84 Å². The van der Waals surface area contributed by atoms with Gasteiger partial charge in [0.05, 0.1) is 6.61 Å². The molecule has 0 aliphatic rings. The summed E-state index contributed by atoms with van der Waals surface area (Å²) >= 11 is 0. The predicted octanol–water partition coefficient (Wildman–Crippen LogP) is 1.05. The molecule has 0 saturated heterocycles. The lowest BCUT2D eigenvalue weighted by Gasteiger charge is -2.06. The molecule has 0 aliphatic carbocycles. The summed E-state index contributed by atoms with van der Waals surface area (Å²) < 4.78 is 4.87. The summed E-state index contributed by atoms with van der Waals surface area (Å²) in [5, 5.41) is 8.34. The highest BCUT2D eigenvalue weighted by Gasteiger charge is 2.09. The third-order valence-electron chi connectivity index (χ3n) is 0.928. The van der Waals surface area contributed by atoms with Gasteiger partial charge in [-0.05, 0) is 13.8 Å². The molecule has 0 radical (unpaired) electrons. The first-order valence-corrected chi connectivity index (χ1v) is 3.03. The number of ether oxygens (including phenoxy) is 1. The highest BCUT2D eigenvalue weighted by Crippen LogP contribution is 1.94. The summed E-state index contributed by atoms with van der Waals surface area (Å²) in [5.74, 6) is -0.943. The Morgan fingerprint density at radius 2 is 2.30 bits per heavy atom. The lowest BCUT2D eigenvalue weighted by Crippen LogP contribution is -2.20. The van der Waals surface area contributed by atoms with E-state index < -0.39 is 12.1 Å². The van der Waals surface area contributed by atoms with Crippen molar-refractivity contribution >= 4 is 5.97 Å². The van der Waals surface area contributed by atoms with E-state index >= 15 is 0 Å². The Bertz CT molecular complexity index is 140. The normalized spacial score (nSPS) is 12.6. The van der Waals surface area contributed by atoms with Gasteiger partial charge in [0.25, 0.3) is 0 Å². The quantitative estimate of drug-likeness (QED) is 0.600. The molecule has 0 aromatic carbocycles. The first-order valence-electron chi connectivity index (χ1n) is 3.03. The van der Waals surface area contributed by atoms with Crippen molar-refractivity contribution in [1.29, 1.82) is 0 Å². The van der Waals surface area contributed by atoms with Crippen molar-refractivity contribution in [2.75, 3.05) is 6.61 Å². The molecule has 58 valence electrons. The number of rotatable bonds is 4. The fourth-order valence-corrected chi connectivity index (χ4v) is 0.339. The van der Waals surface area contributed by atoms with Crippen LogP contribution in [-0.2, 0) is 9.53 Å². The van der Waals surface area contributed by atoms with Crippen LogP contribution in [0.5, 0.6) is 0 Å². The van der Waals surface area contributed by atoms with E-state index in [-0.39, 0.29) is 0 Å². The highest BCUT2D eigenvalue weighted by molar-refractivity contribution is 5.71. The van der Waals surface area contributed by atoms with Crippen LogP contribution in [0.3, 0.4) is 0 Å². The smallest absolute Gasteiger partial charge is 0.332 e. The van der Waals surface area contributed by atoms with Crippen molar-refractivity contribution in [2.45, 2.75) is 20.0 Å². The molecule has 0 fully saturated rings. The van der Waals surface area contributed by atoms with Gasteiger partial charge in [0.15, 0.2) is 6.10 Å². The van der Waals surface area contributed by atoms with Gasteiger partial charge >= 0.3 is 5.97 Å². The van der Waals surface area contributed by atoms with Crippen LogP contribution in [0.25, 0.3) is 0 Å². The van der Waals surface area contributed by atoms with Crippen LogP contribution in [0.4, 0.5) is 0 Å². The van der Waals surface area contributed by atoms with Crippen LogP contribution in [0.15, 0.2) is 12.2 Å². The number of carboxylic acid groups (broad SMARTS) is 1. The van der Waals surface area contributed by atoms with Gasteiger partial charge in [-0.25, -0.2) is 4.79 Å². The zero-order valence-corrected chi connectivity index (χ0v) is 6.26. The monoisotopic (exact) mass is 144 g/mol. The van der Waals surface area contributed by atoms with Crippen LogP contribution in [0.2, 0.25) is 0 Å². The second-order valence-electron chi connectivity index (χ2n) is 2.25. The van der Waals surface area contributed by atoms with Crippen LogP contribution in [-0.4, -0.2) is 23.8 Å². The number of aliphatic carboxylic acids is 1. The lowest BCUT2D eigenvalue weighted by molar-refractivity contribution is -0.148. The maximum Gasteiger partial charge on any atom is 0.332 e. The molecule has 0 rings (SSSR count). The lowest BCUT2D eigenvalue weighted by atomic mass is 10.3. The third kappa shape index (κ3) is 4.09. The van der Waals surface area contributed by atoms with Gasteiger partial charge in [0.1, 0.15) is 0 Å². The van der Waals surface area contributed by atoms with Gasteiger partial charge in [0, 0.05) is 0 Å². The van der Waals surface area contributed by atoms with Crippen LogP contribution in [0, 0.1) is 0 Å². The highest BCUT2D eigenvalue weighted by atomic mass is 16.5. The summed E-state index contributed by atoms with van der Waals surface area (Å²) in [6.45, 7) is 7.16. The Morgan fingerprint density at radius 3 is 2.60 bits per heavy atom. The molecule has 0 heterocycles. The van der Waals surface area contributed by atoms with Crippen molar-refractivity contribution in [3.63, 3.8) is 0 Å². The fourth-order valence-electron chi connectivity index (χ4n) is 0.339. The Labute approximate surface area is 60.3 Å². The van der Waals surface area contributed by atoms with Gasteiger partial charge in [-0.1, -0.05) is 12.2 Å². The van der Waals surface area contributed by atoms with E-state index in [9.17, 15) is 4.79 Å². The third-order valence-corrected chi connectivity index (χ3v) is 0.928. The second kappa shape index (κ2) is 4.06. The fraction of sp³-hybridized carbons (Fsp3) is 0.571. The maximum absolute atomic E-state index is 10.2. The van der Waals surface area contributed by atoms with E-state index in [4.69, 9.17) is 9.84 Å². The number of carbonyl (C=O) groups is 1. The number of hydrogen-bond donors (Lipinski definition) is 1. The molecular formula is C7H12O3. The Hall–Kier alpha value is -0.830. The second-order valence-corrected chi connectivity index (χ2v) is 2.25. The summed E-state index contributed by atoms with van der Waals surface area (Å²) in [6.07, 6.45) is -0.739. The molecule has 10 heavy (non-hydrogen) atoms. The first-order chi connectivity index (χ1) is 4.54. The van der Waals surface area contributed by atoms with Crippen molar-refractivity contribution in [3.8, 4) is 0 Å². The van der Waals surface area contributed by atoms with Crippen LogP contribution in [0.1, 0.15) is 13.8 Å². The van der Waals surface area contributed by atoms with Crippen LogP contribution < -0.4 is 0 Å². The van der Waals surface area contributed by atoms with E-state index in [2.05, 4.69) is 6.58 Å². The van der Waals surface area contributed by atoms with E-state index in [1.165, 1.54) is 6.92 Å². The molecular weight excluding hydrogens is 132 g/mol.